The lowest BCUT2D eigenvalue weighted by Crippen LogP contribution is -1.86. The molecule has 0 unspecified atom stereocenters. The van der Waals surface area contributed by atoms with Crippen LogP contribution >= 0.6 is 0 Å². The Labute approximate surface area is 61.9 Å². The highest BCUT2D eigenvalue weighted by atomic mass is 16.3. The number of aromatic hydroxyl groups is 4. The Hall–Kier alpha value is -1.78. The van der Waals surface area contributed by atoms with Gasteiger partial charge in [-0.05, 0) is 0 Å². The van der Waals surface area contributed by atoms with Gasteiger partial charge >= 0.3 is 0 Å². The van der Waals surface area contributed by atoms with Gasteiger partial charge in [-0.15, -0.1) is 0 Å². The number of phenols is 4. The molecule has 1 aromatic carbocycles. The minimum absolute atomic E-state index is 0.361. The van der Waals surface area contributed by atoms with E-state index in [9.17, 15) is 0 Å². The van der Waals surface area contributed by atoms with E-state index in [1.165, 1.54) is 0 Å². The number of nitrogen functional groups attached to an aromatic ring is 1. The van der Waals surface area contributed by atoms with Crippen LogP contribution in [0, 0.1) is 0 Å². The van der Waals surface area contributed by atoms with Crippen molar-refractivity contribution in [1.82, 2.24) is 0 Å². The molecule has 11 heavy (non-hydrogen) atoms. The third-order valence-electron chi connectivity index (χ3n) is 1.27. The second kappa shape index (κ2) is 2.12. The molecule has 0 fully saturated rings. The normalized spacial score (nSPS) is 9.82. The van der Waals surface area contributed by atoms with Crippen molar-refractivity contribution in [2.75, 3.05) is 5.73 Å². The molecule has 0 heterocycles. The molecule has 0 spiro atoms. The second-order valence-electron chi connectivity index (χ2n) is 2.03. The number of rotatable bonds is 0. The maximum absolute atomic E-state index is 8.87. The fourth-order valence-electron chi connectivity index (χ4n) is 0.646. The van der Waals surface area contributed by atoms with Gasteiger partial charge in [-0.1, -0.05) is 0 Å². The Bertz CT molecular complexity index is 271. The monoisotopic (exact) mass is 157 g/mol. The molecule has 0 saturated carbocycles. The van der Waals surface area contributed by atoms with Gasteiger partial charge < -0.3 is 26.2 Å². The van der Waals surface area contributed by atoms with Crippen LogP contribution < -0.4 is 5.73 Å². The average Bonchev–Trinajstić information content (AvgIpc) is 1.97. The fourth-order valence-corrected chi connectivity index (χ4v) is 0.646. The van der Waals surface area contributed by atoms with E-state index in [1.807, 2.05) is 0 Å². The van der Waals surface area contributed by atoms with Gasteiger partial charge in [0.1, 0.15) is 11.4 Å². The molecule has 0 saturated heterocycles. The van der Waals surface area contributed by atoms with E-state index in [-0.39, 0.29) is 5.69 Å². The van der Waals surface area contributed by atoms with Crippen molar-refractivity contribution >= 4 is 5.69 Å². The Kier molecular flexibility index (Phi) is 1.41. The number of phenolic OH excluding ortho intramolecular Hbond substituents is 4. The highest BCUT2D eigenvalue weighted by molar-refractivity contribution is 5.70. The summed E-state index contributed by atoms with van der Waals surface area (Å²) in [5.41, 5.74) is 4.72. The standard InChI is InChI=1S/C6H7NO4/c7-4-2(8)1-3(9)5(10)6(4)11/h1,8-11H,7H2. The van der Waals surface area contributed by atoms with Gasteiger partial charge in [-0.2, -0.15) is 0 Å². The van der Waals surface area contributed by atoms with Crippen LogP contribution in [0.5, 0.6) is 23.0 Å². The first-order valence-electron chi connectivity index (χ1n) is 2.76. The molecule has 6 N–H and O–H groups in total. The topological polar surface area (TPSA) is 107 Å². The van der Waals surface area contributed by atoms with E-state index in [0.29, 0.717) is 0 Å². The molecule has 0 aliphatic heterocycles. The highest BCUT2D eigenvalue weighted by Gasteiger charge is 2.12. The zero-order valence-electron chi connectivity index (χ0n) is 5.44. The molecular formula is C6H7NO4. The summed E-state index contributed by atoms with van der Waals surface area (Å²) in [7, 11) is 0. The molecule has 5 nitrogen and oxygen atoms in total. The molecule has 5 heteroatoms. The van der Waals surface area contributed by atoms with Gasteiger partial charge in [0.2, 0.25) is 5.75 Å². The lowest BCUT2D eigenvalue weighted by atomic mass is 10.2. The van der Waals surface area contributed by atoms with Gasteiger partial charge in [0, 0.05) is 6.07 Å². The number of hydrogen-bond acceptors (Lipinski definition) is 5. The van der Waals surface area contributed by atoms with Gasteiger partial charge in [0.05, 0.1) is 0 Å². The first-order valence-corrected chi connectivity index (χ1v) is 2.76. The molecule has 0 aromatic heterocycles. The number of benzene rings is 1. The largest absolute Gasteiger partial charge is 0.505 e. The number of hydrogen-bond donors (Lipinski definition) is 5. The Morgan fingerprint density at radius 3 is 2.00 bits per heavy atom. The SMILES string of the molecule is Nc1c(O)cc(O)c(O)c1O. The minimum Gasteiger partial charge on any atom is -0.505 e. The summed E-state index contributed by atoms with van der Waals surface area (Å²) >= 11 is 0. The quantitative estimate of drug-likeness (QED) is 0.208. The summed E-state index contributed by atoms with van der Waals surface area (Å²) in [6, 6.07) is 0.838. The van der Waals surface area contributed by atoms with Gasteiger partial charge in [0.15, 0.2) is 11.5 Å². The molecule has 0 bridgehead atoms. The van der Waals surface area contributed by atoms with Crippen LogP contribution in [0.2, 0.25) is 0 Å². The van der Waals surface area contributed by atoms with Gasteiger partial charge in [0.25, 0.3) is 0 Å². The van der Waals surface area contributed by atoms with Gasteiger partial charge in [-0.25, -0.2) is 0 Å². The summed E-state index contributed by atoms with van der Waals surface area (Å²) in [4.78, 5) is 0. The Morgan fingerprint density at radius 1 is 0.909 bits per heavy atom. The molecule has 1 rings (SSSR count). The summed E-state index contributed by atoms with van der Waals surface area (Å²) in [6.07, 6.45) is 0. The van der Waals surface area contributed by atoms with Crippen LogP contribution in [0.4, 0.5) is 5.69 Å². The molecule has 1 aromatic rings. The third kappa shape index (κ3) is 0.958. The van der Waals surface area contributed by atoms with Crippen LogP contribution in [-0.2, 0) is 0 Å². The summed E-state index contributed by atoms with van der Waals surface area (Å²) in [5, 5.41) is 35.3. The predicted octanol–water partition coefficient (Wildman–Crippen LogP) is 0.0912. The fraction of sp³-hybridized carbons (Fsp3) is 0. The molecule has 0 aliphatic rings. The molecule has 60 valence electrons. The van der Waals surface area contributed by atoms with E-state index in [0.717, 1.165) is 6.07 Å². The van der Waals surface area contributed by atoms with E-state index < -0.39 is 23.0 Å². The smallest absolute Gasteiger partial charge is 0.202 e. The Morgan fingerprint density at radius 2 is 1.45 bits per heavy atom. The minimum atomic E-state index is -0.736. The molecule has 0 atom stereocenters. The van der Waals surface area contributed by atoms with Crippen molar-refractivity contribution in [3.8, 4) is 23.0 Å². The second-order valence-corrected chi connectivity index (χ2v) is 2.03. The maximum atomic E-state index is 8.87. The summed E-state index contributed by atoms with van der Waals surface area (Å²) in [5.74, 6) is -2.55. The highest BCUT2D eigenvalue weighted by Crippen LogP contribution is 2.44. The van der Waals surface area contributed by atoms with Crippen LogP contribution in [0.25, 0.3) is 0 Å². The van der Waals surface area contributed by atoms with Crippen molar-refractivity contribution in [2.24, 2.45) is 0 Å². The molecule has 0 radical (unpaired) electrons. The maximum Gasteiger partial charge on any atom is 0.202 e. The predicted molar refractivity (Wildman–Crippen MR) is 37.5 cm³/mol. The summed E-state index contributed by atoms with van der Waals surface area (Å²) < 4.78 is 0. The zero-order chi connectivity index (χ0) is 8.59. The summed E-state index contributed by atoms with van der Waals surface area (Å²) in [6.45, 7) is 0. The van der Waals surface area contributed by atoms with Crippen molar-refractivity contribution in [3.05, 3.63) is 6.07 Å². The zero-order valence-corrected chi connectivity index (χ0v) is 5.44. The van der Waals surface area contributed by atoms with Crippen molar-refractivity contribution in [3.63, 3.8) is 0 Å². The van der Waals surface area contributed by atoms with E-state index in [1.54, 1.807) is 0 Å². The van der Waals surface area contributed by atoms with Crippen LogP contribution in [0.3, 0.4) is 0 Å². The lowest BCUT2D eigenvalue weighted by Gasteiger charge is -2.04. The third-order valence-corrected chi connectivity index (χ3v) is 1.27. The van der Waals surface area contributed by atoms with E-state index >= 15 is 0 Å². The lowest BCUT2D eigenvalue weighted by molar-refractivity contribution is 0.363. The van der Waals surface area contributed by atoms with Gasteiger partial charge in [-0.3, -0.25) is 0 Å². The molecule has 0 amide bonds. The van der Waals surface area contributed by atoms with E-state index in [4.69, 9.17) is 26.2 Å². The van der Waals surface area contributed by atoms with Crippen LogP contribution in [0.15, 0.2) is 6.07 Å². The molecule has 0 aliphatic carbocycles. The first-order chi connectivity index (χ1) is 5.04. The average molecular weight is 157 g/mol. The van der Waals surface area contributed by atoms with Crippen LogP contribution in [0.1, 0.15) is 0 Å². The number of anilines is 1. The number of nitrogens with two attached hydrogens (primary N) is 1. The molecular weight excluding hydrogens is 150 g/mol. The van der Waals surface area contributed by atoms with E-state index in [2.05, 4.69) is 0 Å². The Balaban J connectivity index is 3.46. The van der Waals surface area contributed by atoms with Crippen molar-refractivity contribution in [2.45, 2.75) is 0 Å². The van der Waals surface area contributed by atoms with Crippen LogP contribution in [-0.4, -0.2) is 20.4 Å². The first kappa shape index (κ1) is 7.33. The van der Waals surface area contributed by atoms with Crippen molar-refractivity contribution < 1.29 is 20.4 Å². The van der Waals surface area contributed by atoms with Crippen molar-refractivity contribution in [1.29, 1.82) is 0 Å².